The number of thiazole rings is 1. The Balaban J connectivity index is 1.62. The van der Waals surface area contributed by atoms with Gasteiger partial charge in [-0.15, -0.1) is 11.3 Å². The molecule has 2 N–H and O–H groups in total. The fourth-order valence-corrected chi connectivity index (χ4v) is 3.53. The first kappa shape index (κ1) is 23.3. The van der Waals surface area contributed by atoms with Gasteiger partial charge in [-0.1, -0.05) is 25.5 Å². The maximum Gasteiger partial charge on any atom is 0.221 e. The van der Waals surface area contributed by atoms with Crippen molar-refractivity contribution >= 4 is 34.3 Å². The van der Waals surface area contributed by atoms with Crippen molar-refractivity contribution in [2.24, 2.45) is 5.10 Å². The molecule has 1 amide bonds. The summed E-state index contributed by atoms with van der Waals surface area (Å²) in [6.07, 6.45) is 3.82. The van der Waals surface area contributed by atoms with Crippen LogP contribution in [0, 0.1) is 0 Å². The summed E-state index contributed by atoms with van der Waals surface area (Å²) in [6.45, 7) is 6.81. The second kappa shape index (κ2) is 11.9. The first-order valence-corrected chi connectivity index (χ1v) is 11.5. The molecule has 0 saturated carbocycles. The van der Waals surface area contributed by atoms with E-state index < -0.39 is 0 Å². The van der Waals surface area contributed by atoms with Gasteiger partial charge in [-0.05, 0) is 49.2 Å². The molecule has 0 aliphatic heterocycles. The normalized spacial score (nSPS) is 10.8. The number of nitrogens with one attached hydrogen (secondary N) is 2. The zero-order valence-electron chi connectivity index (χ0n) is 18.6. The molecule has 0 saturated heterocycles. The van der Waals surface area contributed by atoms with Crippen molar-refractivity contribution in [1.29, 1.82) is 0 Å². The van der Waals surface area contributed by atoms with Gasteiger partial charge in [-0.3, -0.25) is 10.2 Å². The van der Waals surface area contributed by atoms with Crippen LogP contribution in [-0.4, -0.2) is 30.3 Å². The molecule has 168 valence electrons. The number of nitrogens with zero attached hydrogens (tertiary/aromatic N) is 2. The molecule has 0 fully saturated rings. The molecule has 0 bridgehead atoms. The fourth-order valence-electron chi connectivity index (χ4n) is 2.87. The van der Waals surface area contributed by atoms with E-state index in [0.717, 1.165) is 41.1 Å². The number of unbranched alkanes of at least 4 members (excludes halogenated alkanes) is 1. The third-order valence-electron chi connectivity index (χ3n) is 4.40. The molecule has 0 spiro atoms. The molecular weight excluding hydrogens is 424 g/mol. The van der Waals surface area contributed by atoms with Crippen LogP contribution in [0.4, 0.5) is 10.8 Å². The highest BCUT2D eigenvalue weighted by Gasteiger charge is 2.07. The average molecular weight is 453 g/mol. The Morgan fingerprint density at radius 2 is 1.94 bits per heavy atom. The topological polar surface area (TPSA) is 84.8 Å². The largest absolute Gasteiger partial charge is 0.490 e. The lowest BCUT2D eigenvalue weighted by Crippen LogP contribution is -2.05. The van der Waals surface area contributed by atoms with Crippen molar-refractivity contribution < 1.29 is 14.3 Å². The summed E-state index contributed by atoms with van der Waals surface area (Å²) in [4.78, 5) is 15.7. The highest BCUT2D eigenvalue weighted by atomic mass is 32.1. The standard InChI is InChI=1S/C24H28N4O3S/c1-4-6-13-31-22-12-7-18(14-23(22)30-5-2)15-25-28-24-27-21(16-32-24)19-8-10-20(11-9-19)26-17(3)29/h7-12,14-16H,4-6,13H2,1-3H3,(H,26,29)(H,27,28)/b25-15-. The zero-order chi connectivity index (χ0) is 22.8. The summed E-state index contributed by atoms with van der Waals surface area (Å²) in [5.41, 5.74) is 6.44. The Morgan fingerprint density at radius 3 is 2.66 bits per heavy atom. The van der Waals surface area contributed by atoms with Crippen LogP contribution < -0.4 is 20.2 Å². The van der Waals surface area contributed by atoms with Gasteiger partial charge in [-0.2, -0.15) is 5.10 Å². The molecule has 0 radical (unpaired) electrons. The van der Waals surface area contributed by atoms with E-state index in [1.54, 1.807) is 6.21 Å². The van der Waals surface area contributed by atoms with Crippen molar-refractivity contribution in [2.45, 2.75) is 33.6 Å². The van der Waals surface area contributed by atoms with E-state index in [0.29, 0.717) is 24.1 Å². The Kier molecular flexibility index (Phi) is 8.62. The SMILES string of the molecule is CCCCOc1ccc(/C=N\Nc2nc(-c3ccc(NC(C)=O)cc3)cs2)cc1OCC. The summed E-state index contributed by atoms with van der Waals surface area (Å²) in [5, 5.41) is 9.70. The first-order valence-electron chi connectivity index (χ1n) is 10.6. The summed E-state index contributed by atoms with van der Waals surface area (Å²) in [6, 6.07) is 13.3. The maximum absolute atomic E-state index is 11.1. The first-order chi connectivity index (χ1) is 15.6. The van der Waals surface area contributed by atoms with Crippen LogP contribution in [0.3, 0.4) is 0 Å². The minimum Gasteiger partial charge on any atom is -0.490 e. The molecule has 7 nitrogen and oxygen atoms in total. The number of aromatic nitrogens is 1. The highest BCUT2D eigenvalue weighted by Crippen LogP contribution is 2.29. The van der Waals surface area contributed by atoms with Crippen LogP contribution in [0.5, 0.6) is 11.5 Å². The van der Waals surface area contributed by atoms with Crippen LogP contribution in [0.2, 0.25) is 0 Å². The lowest BCUT2D eigenvalue weighted by molar-refractivity contribution is -0.114. The van der Waals surface area contributed by atoms with E-state index in [-0.39, 0.29) is 5.91 Å². The molecule has 2 aromatic carbocycles. The highest BCUT2D eigenvalue weighted by molar-refractivity contribution is 7.14. The Labute approximate surface area is 192 Å². The molecule has 32 heavy (non-hydrogen) atoms. The minimum atomic E-state index is -0.0946. The monoisotopic (exact) mass is 452 g/mol. The van der Waals surface area contributed by atoms with Crippen LogP contribution >= 0.6 is 11.3 Å². The van der Waals surface area contributed by atoms with Crippen molar-refractivity contribution in [3.05, 3.63) is 53.4 Å². The molecule has 0 aliphatic rings. The smallest absolute Gasteiger partial charge is 0.221 e. The summed E-state index contributed by atoms with van der Waals surface area (Å²) >= 11 is 1.47. The lowest BCUT2D eigenvalue weighted by atomic mass is 10.1. The van der Waals surface area contributed by atoms with Gasteiger partial charge < -0.3 is 14.8 Å². The van der Waals surface area contributed by atoms with Gasteiger partial charge in [0.05, 0.1) is 25.1 Å². The molecular formula is C24H28N4O3S. The van der Waals surface area contributed by atoms with E-state index >= 15 is 0 Å². The van der Waals surface area contributed by atoms with Gasteiger partial charge in [-0.25, -0.2) is 4.98 Å². The Hall–Kier alpha value is -3.39. The average Bonchev–Trinajstić information content (AvgIpc) is 3.24. The molecule has 3 rings (SSSR count). The summed E-state index contributed by atoms with van der Waals surface area (Å²) in [7, 11) is 0. The fraction of sp³-hybridized carbons (Fsp3) is 0.292. The number of hydrazone groups is 1. The predicted molar refractivity (Wildman–Crippen MR) is 131 cm³/mol. The number of carbonyl (C=O) groups is 1. The zero-order valence-corrected chi connectivity index (χ0v) is 19.4. The van der Waals surface area contributed by atoms with E-state index in [1.807, 2.05) is 54.8 Å². The van der Waals surface area contributed by atoms with Crippen LogP contribution in [0.15, 0.2) is 52.9 Å². The number of hydrogen-bond donors (Lipinski definition) is 2. The Morgan fingerprint density at radius 1 is 1.12 bits per heavy atom. The number of hydrogen-bond acceptors (Lipinski definition) is 7. The molecule has 0 unspecified atom stereocenters. The third-order valence-corrected chi connectivity index (χ3v) is 5.15. The predicted octanol–water partition coefficient (Wildman–Crippen LogP) is 5.79. The van der Waals surface area contributed by atoms with Crippen molar-refractivity contribution in [1.82, 2.24) is 4.98 Å². The Bertz CT molecular complexity index is 1050. The van der Waals surface area contributed by atoms with Crippen LogP contribution in [-0.2, 0) is 4.79 Å². The molecule has 0 atom stereocenters. The third kappa shape index (κ3) is 6.81. The van der Waals surface area contributed by atoms with Gasteiger partial charge in [0.25, 0.3) is 0 Å². The van der Waals surface area contributed by atoms with Gasteiger partial charge in [0.15, 0.2) is 11.5 Å². The van der Waals surface area contributed by atoms with E-state index in [1.165, 1.54) is 18.3 Å². The second-order valence-electron chi connectivity index (χ2n) is 7.01. The van der Waals surface area contributed by atoms with Gasteiger partial charge in [0.1, 0.15) is 0 Å². The summed E-state index contributed by atoms with van der Waals surface area (Å²) < 4.78 is 11.5. The van der Waals surface area contributed by atoms with E-state index in [9.17, 15) is 4.79 Å². The number of amides is 1. The van der Waals surface area contributed by atoms with E-state index in [2.05, 4.69) is 27.8 Å². The number of carbonyl (C=O) groups excluding carboxylic acids is 1. The number of rotatable bonds is 11. The van der Waals surface area contributed by atoms with Crippen LogP contribution in [0.1, 0.15) is 39.2 Å². The van der Waals surface area contributed by atoms with E-state index in [4.69, 9.17) is 9.47 Å². The molecule has 3 aromatic rings. The quantitative estimate of drug-likeness (QED) is 0.218. The number of anilines is 2. The number of ether oxygens (including phenoxy) is 2. The van der Waals surface area contributed by atoms with Gasteiger partial charge in [0, 0.05) is 23.6 Å². The maximum atomic E-state index is 11.1. The van der Waals surface area contributed by atoms with Crippen molar-refractivity contribution in [2.75, 3.05) is 24.0 Å². The molecule has 0 aliphatic carbocycles. The summed E-state index contributed by atoms with van der Waals surface area (Å²) in [5.74, 6) is 1.37. The minimum absolute atomic E-state index is 0.0946. The van der Waals surface area contributed by atoms with Crippen LogP contribution in [0.25, 0.3) is 11.3 Å². The van der Waals surface area contributed by atoms with Gasteiger partial charge in [0.2, 0.25) is 11.0 Å². The van der Waals surface area contributed by atoms with Crippen molar-refractivity contribution in [3.63, 3.8) is 0 Å². The van der Waals surface area contributed by atoms with Gasteiger partial charge >= 0.3 is 0 Å². The number of benzene rings is 2. The second-order valence-corrected chi connectivity index (χ2v) is 7.87. The molecule has 1 aromatic heterocycles. The molecule has 1 heterocycles. The molecule has 8 heteroatoms. The lowest BCUT2D eigenvalue weighted by Gasteiger charge is -2.12. The van der Waals surface area contributed by atoms with Crippen molar-refractivity contribution in [3.8, 4) is 22.8 Å².